The molecule has 212 valence electrons. The predicted octanol–water partition coefficient (Wildman–Crippen LogP) is 5.57. The van der Waals surface area contributed by atoms with Crippen molar-refractivity contribution >= 4 is 55.1 Å². The lowest BCUT2D eigenvalue weighted by atomic mass is 10.0. The third-order valence-corrected chi connectivity index (χ3v) is 9.05. The lowest BCUT2D eigenvalue weighted by Crippen LogP contribution is -2.54. The normalized spacial score (nSPS) is 14.5. The van der Waals surface area contributed by atoms with Crippen LogP contribution in [0.25, 0.3) is 0 Å². The van der Waals surface area contributed by atoms with Crippen molar-refractivity contribution in [3.05, 3.63) is 99.5 Å². The summed E-state index contributed by atoms with van der Waals surface area (Å²) in [5.41, 5.74) is 1.97. The fourth-order valence-electron chi connectivity index (χ4n) is 5.00. The maximum Gasteiger partial charge on any atom is 0.244 e. The summed E-state index contributed by atoms with van der Waals surface area (Å²) in [5.74, 6) is -0.749. The van der Waals surface area contributed by atoms with Gasteiger partial charge < -0.3 is 10.2 Å². The molecule has 0 spiro atoms. The lowest BCUT2D eigenvalue weighted by molar-refractivity contribution is -0.140. The van der Waals surface area contributed by atoms with Crippen LogP contribution in [0.3, 0.4) is 0 Å². The maximum atomic E-state index is 14.1. The van der Waals surface area contributed by atoms with E-state index < -0.39 is 28.5 Å². The molecular weight excluding hydrogens is 614 g/mol. The minimum atomic E-state index is -3.84. The second-order valence-corrected chi connectivity index (χ2v) is 13.3. The molecule has 0 saturated heterocycles. The van der Waals surface area contributed by atoms with Gasteiger partial charge in [0.25, 0.3) is 0 Å². The molecule has 1 aliphatic rings. The van der Waals surface area contributed by atoms with Gasteiger partial charge in [-0.1, -0.05) is 79.0 Å². The molecule has 7 nitrogen and oxygen atoms in total. The Hall–Kier alpha value is -2.88. The van der Waals surface area contributed by atoms with Gasteiger partial charge in [0.15, 0.2) is 0 Å². The van der Waals surface area contributed by atoms with Gasteiger partial charge in [0.2, 0.25) is 21.8 Å². The number of nitrogens with zero attached hydrogens (tertiary/aromatic N) is 2. The number of nitrogens with one attached hydrogen (secondary N) is 1. The molecule has 10 heteroatoms. The fourth-order valence-corrected chi connectivity index (χ4v) is 6.69. The second-order valence-electron chi connectivity index (χ2n) is 10.1. The van der Waals surface area contributed by atoms with E-state index >= 15 is 0 Å². The number of halogens is 2. The van der Waals surface area contributed by atoms with Crippen LogP contribution in [0.4, 0.5) is 5.69 Å². The number of rotatable bonds is 11. The highest BCUT2D eigenvalue weighted by atomic mass is 79.9. The summed E-state index contributed by atoms with van der Waals surface area (Å²) in [6, 6.07) is 22.6. The molecule has 1 fully saturated rings. The van der Waals surface area contributed by atoms with Crippen molar-refractivity contribution in [3.8, 4) is 0 Å². The van der Waals surface area contributed by atoms with Crippen LogP contribution in [0.15, 0.2) is 83.3 Å². The Balaban J connectivity index is 1.73. The van der Waals surface area contributed by atoms with Gasteiger partial charge in [-0.15, -0.1) is 0 Å². The first kappa shape index (κ1) is 30.1. The molecule has 1 saturated carbocycles. The maximum absolute atomic E-state index is 14.1. The van der Waals surface area contributed by atoms with Crippen molar-refractivity contribution in [2.45, 2.75) is 50.7 Å². The van der Waals surface area contributed by atoms with Gasteiger partial charge in [0.1, 0.15) is 12.6 Å². The zero-order valence-corrected chi connectivity index (χ0v) is 25.5. The van der Waals surface area contributed by atoms with Gasteiger partial charge >= 0.3 is 0 Å². The molecule has 0 unspecified atom stereocenters. The van der Waals surface area contributed by atoms with Gasteiger partial charge in [-0.2, -0.15) is 0 Å². The number of carbonyl (C=O) groups excluding carboxylic acids is 2. The summed E-state index contributed by atoms with van der Waals surface area (Å²) >= 11 is 9.67. The Labute approximate surface area is 249 Å². The highest BCUT2D eigenvalue weighted by molar-refractivity contribution is 9.10. The lowest BCUT2D eigenvalue weighted by Gasteiger charge is -2.34. The molecule has 0 heterocycles. The molecule has 1 aliphatic carbocycles. The minimum absolute atomic E-state index is 0.0571. The first-order valence-corrected chi connectivity index (χ1v) is 16.2. The van der Waals surface area contributed by atoms with Gasteiger partial charge in [-0.05, 0) is 64.2 Å². The van der Waals surface area contributed by atoms with E-state index in [2.05, 4.69) is 21.2 Å². The number of benzene rings is 3. The van der Waals surface area contributed by atoms with E-state index in [9.17, 15) is 18.0 Å². The van der Waals surface area contributed by atoms with Crippen molar-refractivity contribution in [1.82, 2.24) is 10.2 Å². The first-order chi connectivity index (χ1) is 19.1. The summed E-state index contributed by atoms with van der Waals surface area (Å²) in [6.45, 7) is -0.382. The van der Waals surface area contributed by atoms with Crippen molar-refractivity contribution in [2.24, 2.45) is 0 Å². The van der Waals surface area contributed by atoms with Crippen LogP contribution in [0.5, 0.6) is 0 Å². The van der Waals surface area contributed by atoms with E-state index in [-0.39, 0.29) is 24.9 Å². The Bertz CT molecular complexity index is 1430. The smallest absolute Gasteiger partial charge is 0.244 e. The summed E-state index contributed by atoms with van der Waals surface area (Å²) in [7, 11) is -3.84. The van der Waals surface area contributed by atoms with Gasteiger partial charge in [0, 0.05) is 28.5 Å². The molecule has 0 radical (unpaired) electrons. The number of hydrogen-bond acceptors (Lipinski definition) is 4. The van der Waals surface area contributed by atoms with Crippen LogP contribution in [0.1, 0.15) is 36.8 Å². The van der Waals surface area contributed by atoms with E-state index in [4.69, 9.17) is 11.6 Å². The zero-order chi connectivity index (χ0) is 28.7. The van der Waals surface area contributed by atoms with Crippen molar-refractivity contribution < 1.29 is 18.0 Å². The SMILES string of the molecule is CS(=O)(=O)N(CC(=O)N(Cc1cccc(Cl)c1)[C@H](Cc1ccccc1)C(=O)NC1CCCC1)c1ccccc1Br. The molecule has 40 heavy (non-hydrogen) atoms. The van der Waals surface area contributed by atoms with E-state index in [1.54, 1.807) is 42.5 Å². The zero-order valence-electron chi connectivity index (χ0n) is 22.3. The third-order valence-electron chi connectivity index (χ3n) is 7.01. The average molecular weight is 647 g/mol. The molecule has 2 amide bonds. The average Bonchev–Trinajstić information content (AvgIpc) is 3.43. The number of carbonyl (C=O) groups is 2. The van der Waals surface area contributed by atoms with Crippen LogP contribution in [0, 0.1) is 0 Å². The topological polar surface area (TPSA) is 86.8 Å². The third kappa shape index (κ3) is 8.08. The molecule has 3 aromatic rings. The fraction of sp³-hybridized carbons (Fsp3) is 0.333. The molecule has 0 bridgehead atoms. The monoisotopic (exact) mass is 645 g/mol. The van der Waals surface area contributed by atoms with E-state index in [0.29, 0.717) is 15.2 Å². The van der Waals surface area contributed by atoms with E-state index in [0.717, 1.165) is 47.4 Å². The summed E-state index contributed by atoms with van der Waals surface area (Å²) in [6.07, 6.45) is 5.24. The molecular formula is C30H33BrClN3O4S. The van der Waals surface area contributed by atoms with E-state index in [1.807, 2.05) is 36.4 Å². The van der Waals surface area contributed by atoms with Gasteiger partial charge in [0.05, 0.1) is 11.9 Å². The summed E-state index contributed by atoms with van der Waals surface area (Å²) in [4.78, 5) is 29.5. The van der Waals surface area contributed by atoms with Crippen LogP contribution in [0.2, 0.25) is 5.02 Å². The quantitative estimate of drug-likeness (QED) is 0.295. The Morgan fingerprint density at radius 2 is 1.62 bits per heavy atom. The highest BCUT2D eigenvalue weighted by Gasteiger charge is 2.34. The first-order valence-electron chi connectivity index (χ1n) is 13.2. The van der Waals surface area contributed by atoms with Gasteiger partial charge in [-0.25, -0.2) is 8.42 Å². The van der Waals surface area contributed by atoms with Crippen LogP contribution >= 0.6 is 27.5 Å². The number of para-hydroxylation sites is 1. The molecule has 1 atom stereocenters. The molecule has 4 rings (SSSR count). The number of anilines is 1. The number of amides is 2. The number of hydrogen-bond donors (Lipinski definition) is 1. The largest absolute Gasteiger partial charge is 0.352 e. The van der Waals surface area contributed by atoms with Crippen LogP contribution in [-0.2, 0) is 32.6 Å². The minimum Gasteiger partial charge on any atom is -0.352 e. The van der Waals surface area contributed by atoms with Crippen molar-refractivity contribution in [2.75, 3.05) is 17.1 Å². The Morgan fingerprint density at radius 1 is 0.975 bits per heavy atom. The predicted molar refractivity (Wildman–Crippen MR) is 163 cm³/mol. The number of sulfonamides is 1. The molecule has 3 aromatic carbocycles. The summed E-state index contributed by atoms with van der Waals surface area (Å²) < 4.78 is 27.4. The van der Waals surface area contributed by atoms with Gasteiger partial charge in [-0.3, -0.25) is 13.9 Å². The van der Waals surface area contributed by atoms with Crippen molar-refractivity contribution in [3.63, 3.8) is 0 Å². The Morgan fingerprint density at radius 3 is 2.27 bits per heavy atom. The van der Waals surface area contributed by atoms with Crippen molar-refractivity contribution in [1.29, 1.82) is 0 Å². The Kier molecular flexibility index (Phi) is 10.3. The van der Waals surface area contributed by atoms with E-state index in [1.165, 1.54) is 4.90 Å². The molecule has 1 N–H and O–H groups in total. The molecule has 0 aromatic heterocycles. The standard InChI is InChI=1S/C30H33BrClN3O4S/c1-40(38,39)35(27-17-8-7-16-26(27)31)21-29(36)34(20-23-12-9-13-24(32)18-23)28(19-22-10-3-2-4-11-22)30(37)33-25-14-5-6-15-25/h2-4,7-13,16-18,25,28H,5-6,14-15,19-21H2,1H3,(H,33,37)/t28-/m1/s1. The van der Waals surface area contributed by atoms with Crippen LogP contribution < -0.4 is 9.62 Å². The second kappa shape index (κ2) is 13.7. The molecule has 0 aliphatic heterocycles. The summed E-state index contributed by atoms with van der Waals surface area (Å²) in [5, 5.41) is 3.66. The van der Waals surface area contributed by atoms with Crippen LogP contribution in [-0.4, -0.2) is 50.0 Å². The highest BCUT2D eigenvalue weighted by Crippen LogP contribution is 2.28.